The summed E-state index contributed by atoms with van der Waals surface area (Å²) in [5, 5.41) is 0. The molecule has 0 saturated carbocycles. The Bertz CT molecular complexity index is 1590. The van der Waals surface area contributed by atoms with Crippen molar-refractivity contribution in [1.82, 2.24) is 4.90 Å². The molecule has 0 spiro atoms. The second kappa shape index (κ2) is 13.6. The van der Waals surface area contributed by atoms with E-state index in [1.54, 1.807) is 13.8 Å². The Labute approximate surface area is 260 Å². The summed E-state index contributed by atoms with van der Waals surface area (Å²) in [7, 11) is 0. The fourth-order valence-electron chi connectivity index (χ4n) is 6.35. The Morgan fingerprint density at radius 2 is 1.16 bits per heavy atom. The number of ether oxygens (including phenoxy) is 2. The van der Waals surface area contributed by atoms with E-state index in [1.165, 1.54) is 0 Å². The van der Waals surface area contributed by atoms with Crippen LogP contribution in [0.4, 0.5) is 0 Å². The lowest BCUT2D eigenvalue weighted by molar-refractivity contribution is -0.143. The lowest BCUT2D eigenvalue weighted by Gasteiger charge is -2.42. The van der Waals surface area contributed by atoms with Crippen molar-refractivity contribution in [2.75, 3.05) is 13.2 Å². The van der Waals surface area contributed by atoms with Crippen LogP contribution >= 0.6 is 0 Å². The number of rotatable bonds is 10. The van der Waals surface area contributed by atoms with Gasteiger partial charge in [-0.25, -0.2) is 9.59 Å². The predicted octanol–water partition coefficient (Wildman–Crippen LogP) is 7.90. The monoisotopic (exact) mass is 585 g/mol. The van der Waals surface area contributed by atoms with Gasteiger partial charge in [0.25, 0.3) is 0 Å². The molecule has 1 aliphatic heterocycles. The zero-order valence-electron chi connectivity index (χ0n) is 25.8. The molecule has 0 N–H and O–H groups in total. The standard InChI is InChI=1S/C39H39NO4/c1-5-43-37(41)34-35(38(42)44-6-2)40(28(3)4)36(31-23-15-9-16-24-31)39(34,32-25-17-10-18-26-32)27-33(29-19-11-7-12-20-29)30-21-13-8-14-22-30/h7-28,36H,5-6H2,1-4H3. The third kappa shape index (κ3) is 5.70. The minimum Gasteiger partial charge on any atom is -0.463 e. The van der Waals surface area contributed by atoms with E-state index in [4.69, 9.17) is 9.47 Å². The quantitative estimate of drug-likeness (QED) is 0.177. The lowest BCUT2D eigenvalue weighted by atomic mass is 9.66. The molecule has 0 amide bonds. The Kier molecular flexibility index (Phi) is 9.44. The van der Waals surface area contributed by atoms with Gasteiger partial charge in [-0.05, 0) is 55.5 Å². The van der Waals surface area contributed by atoms with Crippen molar-refractivity contribution in [3.63, 3.8) is 0 Å². The van der Waals surface area contributed by atoms with Crippen LogP contribution in [0.2, 0.25) is 0 Å². The summed E-state index contributed by atoms with van der Waals surface area (Å²) in [6.07, 6.45) is 2.18. The topological polar surface area (TPSA) is 55.8 Å². The van der Waals surface area contributed by atoms with Crippen LogP contribution in [-0.2, 0) is 24.5 Å². The van der Waals surface area contributed by atoms with E-state index in [9.17, 15) is 9.59 Å². The Morgan fingerprint density at radius 3 is 1.64 bits per heavy atom. The van der Waals surface area contributed by atoms with E-state index >= 15 is 0 Å². The van der Waals surface area contributed by atoms with E-state index in [2.05, 4.69) is 47.4 Å². The van der Waals surface area contributed by atoms with E-state index in [-0.39, 0.29) is 30.5 Å². The largest absolute Gasteiger partial charge is 0.463 e. The highest BCUT2D eigenvalue weighted by molar-refractivity contribution is 6.05. The summed E-state index contributed by atoms with van der Waals surface area (Å²) >= 11 is 0. The van der Waals surface area contributed by atoms with E-state index in [1.807, 2.05) is 98.8 Å². The smallest absolute Gasteiger partial charge is 0.355 e. The maximum absolute atomic E-state index is 14.4. The van der Waals surface area contributed by atoms with Crippen molar-refractivity contribution in [3.8, 4) is 0 Å². The molecule has 44 heavy (non-hydrogen) atoms. The normalized spacial score (nSPS) is 17.8. The molecule has 224 valence electrons. The molecule has 0 radical (unpaired) electrons. The number of carbonyl (C=O) groups is 2. The molecule has 0 fully saturated rings. The number of carbonyl (C=O) groups excluding carboxylic acids is 2. The Morgan fingerprint density at radius 1 is 0.705 bits per heavy atom. The van der Waals surface area contributed by atoms with Crippen molar-refractivity contribution < 1.29 is 19.1 Å². The summed E-state index contributed by atoms with van der Waals surface area (Å²) in [6.45, 7) is 7.98. The van der Waals surface area contributed by atoms with Gasteiger partial charge in [-0.15, -0.1) is 0 Å². The summed E-state index contributed by atoms with van der Waals surface area (Å²) in [6, 6.07) is 39.7. The van der Waals surface area contributed by atoms with Gasteiger partial charge in [-0.1, -0.05) is 127 Å². The zero-order valence-corrected chi connectivity index (χ0v) is 25.8. The number of nitrogens with zero attached hydrogens (tertiary/aromatic N) is 1. The molecule has 5 nitrogen and oxygen atoms in total. The molecule has 4 aromatic rings. The molecule has 0 aliphatic carbocycles. The lowest BCUT2D eigenvalue weighted by Crippen LogP contribution is -2.41. The SMILES string of the molecule is CCOC(=O)C1=C(C(=O)OCC)C(C=C(c2ccccc2)c2ccccc2)(c2ccccc2)C(c2ccccc2)N1C(C)C. The van der Waals surface area contributed by atoms with Gasteiger partial charge in [0.05, 0.1) is 30.2 Å². The summed E-state index contributed by atoms with van der Waals surface area (Å²) in [5.41, 5.74) is 4.10. The number of esters is 2. The van der Waals surface area contributed by atoms with Crippen LogP contribution in [0.1, 0.15) is 56.0 Å². The molecule has 4 aromatic carbocycles. The first kappa shape index (κ1) is 30.6. The van der Waals surface area contributed by atoms with E-state index < -0.39 is 23.4 Å². The fourth-order valence-corrected chi connectivity index (χ4v) is 6.35. The molecule has 0 saturated heterocycles. The van der Waals surface area contributed by atoms with Gasteiger partial charge in [-0.2, -0.15) is 0 Å². The van der Waals surface area contributed by atoms with Crippen molar-refractivity contribution >= 4 is 17.5 Å². The van der Waals surface area contributed by atoms with Crippen LogP contribution in [0.5, 0.6) is 0 Å². The first-order valence-corrected chi connectivity index (χ1v) is 15.3. The highest BCUT2D eigenvalue weighted by atomic mass is 16.5. The number of benzene rings is 4. The molecule has 1 aliphatic rings. The molecule has 0 aromatic heterocycles. The van der Waals surface area contributed by atoms with Crippen molar-refractivity contribution in [3.05, 3.63) is 161 Å². The average molecular weight is 586 g/mol. The Hall–Kier alpha value is -4.90. The summed E-state index contributed by atoms with van der Waals surface area (Å²) in [4.78, 5) is 30.5. The van der Waals surface area contributed by atoms with E-state index in [0.717, 1.165) is 27.8 Å². The van der Waals surface area contributed by atoms with Crippen LogP contribution in [0.15, 0.2) is 139 Å². The van der Waals surface area contributed by atoms with E-state index in [0.29, 0.717) is 0 Å². The maximum atomic E-state index is 14.4. The number of hydrogen-bond acceptors (Lipinski definition) is 5. The molecule has 5 heteroatoms. The highest BCUT2D eigenvalue weighted by Gasteiger charge is 2.58. The Balaban J connectivity index is 2.01. The van der Waals surface area contributed by atoms with Crippen LogP contribution in [0.3, 0.4) is 0 Å². The predicted molar refractivity (Wildman–Crippen MR) is 175 cm³/mol. The molecule has 5 rings (SSSR count). The zero-order chi connectivity index (χ0) is 31.1. The third-order valence-corrected chi connectivity index (χ3v) is 8.03. The molecule has 1 heterocycles. The van der Waals surface area contributed by atoms with Gasteiger partial charge in [0.1, 0.15) is 5.70 Å². The molecular formula is C39H39NO4. The molecule has 0 bridgehead atoms. The van der Waals surface area contributed by atoms with Gasteiger partial charge in [-0.3, -0.25) is 0 Å². The van der Waals surface area contributed by atoms with Crippen molar-refractivity contribution in [2.45, 2.75) is 45.2 Å². The number of hydrogen-bond donors (Lipinski definition) is 0. The van der Waals surface area contributed by atoms with Crippen LogP contribution in [-0.4, -0.2) is 36.1 Å². The third-order valence-electron chi connectivity index (χ3n) is 8.03. The van der Waals surface area contributed by atoms with Gasteiger partial charge in [0.15, 0.2) is 0 Å². The molecular weight excluding hydrogens is 546 g/mol. The van der Waals surface area contributed by atoms with Gasteiger partial charge in [0, 0.05) is 6.04 Å². The van der Waals surface area contributed by atoms with Crippen LogP contribution < -0.4 is 0 Å². The van der Waals surface area contributed by atoms with Crippen molar-refractivity contribution in [2.24, 2.45) is 0 Å². The van der Waals surface area contributed by atoms with Gasteiger partial charge >= 0.3 is 11.9 Å². The second-order valence-corrected chi connectivity index (χ2v) is 11.0. The first-order valence-electron chi connectivity index (χ1n) is 15.3. The molecule has 2 atom stereocenters. The summed E-state index contributed by atoms with van der Waals surface area (Å²) in [5.74, 6) is -1.09. The minimum absolute atomic E-state index is 0.162. The van der Waals surface area contributed by atoms with Crippen molar-refractivity contribution in [1.29, 1.82) is 0 Å². The fraction of sp³-hybridized carbons (Fsp3) is 0.231. The highest BCUT2D eigenvalue weighted by Crippen LogP contribution is 2.57. The van der Waals surface area contributed by atoms with Crippen LogP contribution in [0.25, 0.3) is 5.57 Å². The average Bonchev–Trinajstić information content (AvgIpc) is 3.38. The second-order valence-electron chi connectivity index (χ2n) is 11.0. The van der Waals surface area contributed by atoms with Crippen LogP contribution in [0, 0.1) is 0 Å². The maximum Gasteiger partial charge on any atom is 0.355 e. The minimum atomic E-state index is -1.15. The molecule has 2 unspecified atom stereocenters. The van der Waals surface area contributed by atoms with Gasteiger partial charge < -0.3 is 14.4 Å². The summed E-state index contributed by atoms with van der Waals surface area (Å²) < 4.78 is 11.5. The first-order chi connectivity index (χ1) is 21.4. The van der Waals surface area contributed by atoms with Gasteiger partial charge in [0.2, 0.25) is 0 Å².